The molecule has 1 aromatic rings. The van der Waals surface area contributed by atoms with Gasteiger partial charge in [0.25, 0.3) is 0 Å². The lowest BCUT2D eigenvalue weighted by molar-refractivity contribution is 0.236. The number of nitrogens with one attached hydrogen (secondary N) is 1. The van der Waals surface area contributed by atoms with Crippen molar-refractivity contribution in [2.24, 2.45) is 5.41 Å². The highest BCUT2D eigenvalue weighted by molar-refractivity contribution is 5.47. The summed E-state index contributed by atoms with van der Waals surface area (Å²) in [4.78, 5) is 0. The maximum Gasteiger partial charge on any atom is 0.165 e. The summed E-state index contributed by atoms with van der Waals surface area (Å²) in [5.41, 5.74) is 1.33. The molecule has 1 aliphatic heterocycles. The Balaban J connectivity index is 1.91. The second kappa shape index (κ2) is 7.66. The third-order valence-corrected chi connectivity index (χ3v) is 3.78. The van der Waals surface area contributed by atoms with Gasteiger partial charge >= 0.3 is 0 Å². The molecule has 4 heteroatoms. The minimum Gasteiger partial charge on any atom is -0.490 e. The van der Waals surface area contributed by atoms with Crippen LogP contribution in [0.4, 0.5) is 0 Å². The molecule has 0 saturated heterocycles. The predicted molar refractivity (Wildman–Crippen MR) is 83.9 cm³/mol. The summed E-state index contributed by atoms with van der Waals surface area (Å²) in [7, 11) is 0. The third kappa shape index (κ3) is 4.90. The van der Waals surface area contributed by atoms with Gasteiger partial charge in [-0.2, -0.15) is 0 Å². The van der Waals surface area contributed by atoms with Crippen molar-refractivity contribution in [2.45, 2.75) is 39.7 Å². The fourth-order valence-corrected chi connectivity index (χ4v) is 2.57. The monoisotopic (exact) mass is 293 g/mol. The molecule has 2 rings (SSSR count). The number of para-hydroxylation sites is 1. The number of hydrogen-bond acceptors (Lipinski definition) is 4. The van der Waals surface area contributed by atoms with E-state index in [4.69, 9.17) is 14.6 Å². The summed E-state index contributed by atoms with van der Waals surface area (Å²) in [5.74, 6) is 1.74. The number of rotatable bonds is 7. The molecule has 0 fully saturated rings. The first-order valence-electron chi connectivity index (χ1n) is 7.81. The van der Waals surface area contributed by atoms with Gasteiger partial charge in [-0.15, -0.1) is 0 Å². The molecule has 1 aliphatic rings. The molecule has 0 aromatic heterocycles. The quantitative estimate of drug-likeness (QED) is 0.811. The molecule has 0 spiro atoms. The molecule has 2 N–H and O–H groups in total. The van der Waals surface area contributed by atoms with Crippen molar-refractivity contribution in [3.8, 4) is 11.5 Å². The predicted octanol–water partition coefficient (Wildman–Crippen LogP) is 2.74. The summed E-state index contributed by atoms with van der Waals surface area (Å²) in [6, 6.07) is 6.07. The Labute approximate surface area is 127 Å². The molecule has 0 radical (unpaired) electrons. The molecule has 0 atom stereocenters. The Hall–Kier alpha value is -1.26. The van der Waals surface area contributed by atoms with Crippen LogP contribution in [-0.2, 0) is 6.54 Å². The van der Waals surface area contributed by atoms with E-state index in [-0.39, 0.29) is 12.0 Å². The Bertz CT molecular complexity index is 446. The summed E-state index contributed by atoms with van der Waals surface area (Å²) >= 11 is 0. The number of aliphatic hydroxyl groups excluding tert-OH is 1. The van der Waals surface area contributed by atoms with Crippen molar-refractivity contribution in [1.82, 2.24) is 5.32 Å². The Morgan fingerprint density at radius 2 is 2.05 bits per heavy atom. The third-order valence-electron chi connectivity index (χ3n) is 3.78. The fourth-order valence-electron chi connectivity index (χ4n) is 2.57. The number of ether oxygens (including phenoxy) is 2. The SMILES string of the molecule is CC(C)(CCCO)CNCc1cccc2c1OCCCO2. The number of fused-ring (bicyclic) bond motifs is 1. The maximum absolute atomic E-state index is 8.94. The van der Waals surface area contributed by atoms with Gasteiger partial charge in [-0.05, 0) is 24.3 Å². The van der Waals surface area contributed by atoms with Crippen molar-refractivity contribution in [1.29, 1.82) is 0 Å². The van der Waals surface area contributed by atoms with Crippen molar-refractivity contribution in [2.75, 3.05) is 26.4 Å². The van der Waals surface area contributed by atoms with E-state index in [1.165, 1.54) is 0 Å². The van der Waals surface area contributed by atoms with Crippen LogP contribution in [0.3, 0.4) is 0 Å². The molecule has 1 aromatic carbocycles. The van der Waals surface area contributed by atoms with Crippen molar-refractivity contribution in [3.63, 3.8) is 0 Å². The van der Waals surface area contributed by atoms with Gasteiger partial charge in [-0.3, -0.25) is 0 Å². The standard InChI is InChI=1S/C17H27NO3/c1-17(2,8-4-9-19)13-18-12-14-6-3-7-15-16(14)21-11-5-10-20-15/h3,6-7,18-19H,4-5,8-13H2,1-2H3. The highest BCUT2D eigenvalue weighted by Crippen LogP contribution is 2.33. The van der Waals surface area contributed by atoms with E-state index < -0.39 is 0 Å². The molecular formula is C17H27NO3. The summed E-state index contributed by atoms with van der Waals surface area (Å²) in [5, 5.41) is 12.4. The van der Waals surface area contributed by atoms with E-state index in [1.54, 1.807) is 0 Å². The van der Waals surface area contributed by atoms with Crippen LogP contribution in [0, 0.1) is 5.41 Å². The summed E-state index contributed by atoms with van der Waals surface area (Å²) in [6.45, 7) is 7.83. The van der Waals surface area contributed by atoms with E-state index >= 15 is 0 Å². The second-order valence-electron chi connectivity index (χ2n) is 6.39. The van der Waals surface area contributed by atoms with Gasteiger partial charge in [-0.25, -0.2) is 0 Å². The molecule has 21 heavy (non-hydrogen) atoms. The Kier molecular flexibility index (Phi) is 5.88. The van der Waals surface area contributed by atoms with Gasteiger partial charge in [0, 0.05) is 31.7 Å². The van der Waals surface area contributed by atoms with Gasteiger partial charge in [0.2, 0.25) is 0 Å². The molecule has 0 amide bonds. The van der Waals surface area contributed by atoms with E-state index in [1.807, 2.05) is 12.1 Å². The largest absolute Gasteiger partial charge is 0.490 e. The molecule has 118 valence electrons. The maximum atomic E-state index is 8.94. The van der Waals surface area contributed by atoms with Crippen LogP contribution in [0.1, 0.15) is 38.7 Å². The minimum atomic E-state index is 0.186. The van der Waals surface area contributed by atoms with Gasteiger partial charge in [0.1, 0.15) is 0 Å². The van der Waals surface area contributed by atoms with Gasteiger partial charge in [-0.1, -0.05) is 26.0 Å². The number of benzene rings is 1. The van der Waals surface area contributed by atoms with Crippen molar-refractivity contribution >= 4 is 0 Å². The fraction of sp³-hybridized carbons (Fsp3) is 0.647. The minimum absolute atomic E-state index is 0.186. The normalized spacial score (nSPS) is 14.8. The first-order chi connectivity index (χ1) is 10.1. The van der Waals surface area contributed by atoms with Gasteiger partial charge in [0.05, 0.1) is 13.2 Å². The highest BCUT2D eigenvalue weighted by Gasteiger charge is 2.18. The molecular weight excluding hydrogens is 266 g/mol. The zero-order chi connectivity index (χ0) is 15.1. The average molecular weight is 293 g/mol. The lowest BCUT2D eigenvalue weighted by atomic mass is 9.88. The van der Waals surface area contributed by atoms with Crippen molar-refractivity contribution < 1.29 is 14.6 Å². The second-order valence-corrected chi connectivity index (χ2v) is 6.39. The van der Waals surface area contributed by atoms with Crippen molar-refractivity contribution in [3.05, 3.63) is 23.8 Å². The average Bonchev–Trinajstić information content (AvgIpc) is 2.71. The first-order valence-corrected chi connectivity index (χ1v) is 7.81. The van der Waals surface area contributed by atoms with Crippen LogP contribution in [0.25, 0.3) is 0 Å². The van der Waals surface area contributed by atoms with Crippen LogP contribution in [0.2, 0.25) is 0 Å². The van der Waals surface area contributed by atoms with E-state index in [9.17, 15) is 0 Å². The lowest BCUT2D eigenvalue weighted by Gasteiger charge is -2.25. The zero-order valence-electron chi connectivity index (χ0n) is 13.2. The number of aliphatic hydroxyl groups is 1. The van der Waals surface area contributed by atoms with Crippen LogP contribution in [0.15, 0.2) is 18.2 Å². The number of hydrogen-bond donors (Lipinski definition) is 2. The van der Waals surface area contributed by atoms with E-state index in [2.05, 4.69) is 25.2 Å². The Morgan fingerprint density at radius 3 is 2.86 bits per heavy atom. The summed E-state index contributed by atoms with van der Waals surface area (Å²) in [6.07, 6.45) is 2.80. The summed E-state index contributed by atoms with van der Waals surface area (Å²) < 4.78 is 11.5. The molecule has 0 aliphatic carbocycles. The van der Waals surface area contributed by atoms with Gasteiger partial charge in [0.15, 0.2) is 11.5 Å². The van der Waals surface area contributed by atoms with Crippen LogP contribution in [0.5, 0.6) is 11.5 Å². The highest BCUT2D eigenvalue weighted by atomic mass is 16.5. The van der Waals surface area contributed by atoms with E-state index in [0.717, 1.165) is 56.0 Å². The molecule has 0 saturated carbocycles. The smallest absolute Gasteiger partial charge is 0.165 e. The zero-order valence-corrected chi connectivity index (χ0v) is 13.2. The molecule has 1 heterocycles. The topological polar surface area (TPSA) is 50.7 Å². The lowest BCUT2D eigenvalue weighted by Crippen LogP contribution is -2.29. The van der Waals surface area contributed by atoms with Gasteiger partial charge < -0.3 is 19.9 Å². The molecule has 0 unspecified atom stereocenters. The van der Waals surface area contributed by atoms with Crippen LogP contribution in [-0.4, -0.2) is 31.5 Å². The molecule has 4 nitrogen and oxygen atoms in total. The first kappa shape index (κ1) is 16.1. The molecule has 0 bridgehead atoms. The van der Waals surface area contributed by atoms with Crippen LogP contribution < -0.4 is 14.8 Å². The Morgan fingerprint density at radius 1 is 1.24 bits per heavy atom. The van der Waals surface area contributed by atoms with E-state index in [0.29, 0.717) is 6.61 Å². The van der Waals surface area contributed by atoms with Crippen LogP contribution >= 0.6 is 0 Å².